The number of amides is 1. The summed E-state index contributed by atoms with van der Waals surface area (Å²) in [5.74, 6) is -0.0256. The van der Waals surface area contributed by atoms with Gasteiger partial charge in [0.2, 0.25) is 0 Å². The predicted octanol–water partition coefficient (Wildman–Crippen LogP) is 1.74. The van der Waals surface area contributed by atoms with Crippen LogP contribution in [0.3, 0.4) is 0 Å². The molecule has 0 radical (unpaired) electrons. The first-order valence-electron chi connectivity index (χ1n) is 7.39. The average Bonchev–Trinajstić information content (AvgIpc) is 3.04. The van der Waals surface area contributed by atoms with Gasteiger partial charge in [-0.25, -0.2) is 0 Å². The minimum absolute atomic E-state index is 0.0256. The van der Waals surface area contributed by atoms with Crippen LogP contribution in [0.4, 0.5) is 0 Å². The van der Waals surface area contributed by atoms with E-state index >= 15 is 0 Å². The van der Waals surface area contributed by atoms with Crippen LogP contribution < -0.4 is 10.6 Å². The minimum Gasteiger partial charge on any atom is -0.347 e. The van der Waals surface area contributed by atoms with Crippen LogP contribution in [0.5, 0.6) is 0 Å². The molecule has 0 unspecified atom stereocenters. The van der Waals surface area contributed by atoms with Crippen molar-refractivity contribution < 1.29 is 4.79 Å². The fourth-order valence-electron chi connectivity index (χ4n) is 2.77. The fourth-order valence-corrected chi connectivity index (χ4v) is 2.77. The summed E-state index contributed by atoms with van der Waals surface area (Å²) in [6.45, 7) is 2.53. The number of nitrogens with one attached hydrogen (secondary N) is 2. The lowest BCUT2D eigenvalue weighted by Gasteiger charge is -2.25. The van der Waals surface area contributed by atoms with Crippen molar-refractivity contribution in [1.29, 1.82) is 0 Å². The zero-order valence-electron chi connectivity index (χ0n) is 12.0. The molecular formula is C16H20N4O. The van der Waals surface area contributed by atoms with E-state index in [-0.39, 0.29) is 5.91 Å². The van der Waals surface area contributed by atoms with E-state index in [0.29, 0.717) is 12.6 Å². The van der Waals surface area contributed by atoms with Crippen molar-refractivity contribution >= 4 is 5.91 Å². The number of aromatic nitrogens is 2. The minimum atomic E-state index is -0.0256. The number of carbonyl (C=O) groups is 1. The van der Waals surface area contributed by atoms with Crippen molar-refractivity contribution in [2.24, 2.45) is 0 Å². The van der Waals surface area contributed by atoms with E-state index in [2.05, 4.69) is 20.2 Å². The molecule has 0 spiro atoms. The second-order valence-electron chi connectivity index (χ2n) is 5.33. The summed E-state index contributed by atoms with van der Waals surface area (Å²) in [5, 5.41) is 6.32. The van der Waals surface area contributed by atoms with Gasteiger partial charge in [-0.05, 0) is 49.7 Å². The summed E-state index contributed by atoms with van der Waals surface area (Å²) in [6, 6.07) is 8.08. The standard InChI is InChI=1S/C16H20N4O/c21-16(19-12-13-3-1-7-18-11-13)15-4-2-10-20(15)14-5-8-17-9-6-14/h1-4,7,10-11,14,17H,5-6,8-9,12H2,(H,19,21). The summed E-state index contributed by atoms with van der Waals surface area (Å²) in [4.78, 5) is 16.4. The molecule has 110 valence electrons. The van der Waals surface area contributed by atoms with E-state index in [1.807, 2.05) is 30.5 Å². The van der Waals surface area contributed by atoms with Crippen molar-refractivity contribution in [1.82, 2.24) is 20.2 Å². The molecule has 1 saturated heterocycles. The quantitative estimate of drug-likeness (QED) is 0.899. The highest BCUT2D eigenvalue weighted by Crippen LogP contribution is 2.21. The molecule has 2 aromatic heterocycles. The molecule has 1 amide bonds. The molecule has 1 aliphatic heterocycles. The van der Waals surface area contributed by atoms with Crippen LogP contribution >= 0.6 is 0 Å². The van der Waals surface area contributed by atoms with Crippen molar-refractivity contribution in [3.05, 3.63) is 54.1 Å². The van der Waals surface area contributed by atoms with Gasteiger partial charge in [-0.2, -0.15) is 0 Å². The summed E-state index contributed by atoms with van der Waals surface area (Å²) in [6.07, 6.45) is 7.64. The van der Waals surface area contributed by atoms with Gasteiger partial charge in [0, 0.05) is 31.2 Å². The lowest BCUT2D eigenvalue weighted by atomic mass is 10.1. The van der Waals surface area contributed by atoms with Gasteiger partial charge in [0.1, 0.15) is 5.69 Å². The molecule has 1 fully saturated rings. The van der Waals surface area contributed by atoms with Gasteiger partial charge in [-0.15, -0.1) is 0 Å². The smallest absolute Gasteiger partial charge is 0.268 e. The number of nitrogens with zero attached hydrogens (tertiary/aromatic N) is 2. The predicted molar refractivity (Wildman–Crippen MR) is 81.0 cm³/mol. The van der Waals surface area contributed by atoms with E-state index in [1.54, 1.807) is 12.4 Å². The van der Waals surface area contributed by atoms with Gasteiger partial charge >= 0.3 is 0 Å². The molecule has 0 aromatic carbocycles. The van der Waals surface area contributed by atoms with Gasteiger partial charge in [-0.3, -0.25) is 9.78 Å². The molecule has 0 bridgehead atoms. The molecule has 2 N–H and O–H groups in total. The summed E-state index contributed by atoms with van der Waals surface area (Å²) in [7, 11) is 0. The van der Waals surface area contributed by atoms with Gasteiger partial charge in [0.15, 0.2) is 0 Å². The second kappa shape index (κ2) is 6.54. The third-order valence-electron chi connectivity index (χ3n) is 3.89. The highest BCUT2D eigenvalue weighted by Gasteiger charge is 2.19. The Kier molecular flexibility index (Phi) is 4.31. The third kappa shape index (κ3) is 3.31. The second-order valence-corrected chi connectivity index (χ2v) is 5.33. The van der Waals surface area contributed by atoms with Crippen LogP contribution in [0.1, 0.15) is 34.9 Å². The Balaban J connectivity index is 1.66. The molecule has 0 atom stereocenters. The molecule has 3 rings (SSSR count). The normalized spacial score (nSPS) is 15.8. The van der Waals surface area contributed by atoms with Crippen LogP contribution in [-0.2, 0) is 6.54 Å². The Bertz CT molecular complexity index is 587. The molecule has 3 heterocycles. The van der Waals surface area contributed by atoms with Crippen molar-refractivity contribution in [3.63, 3.8) is 0 Å². The Morgan fingerprint density at radius 3 is 2.95 bits per heavy atom. The molecule has 21 heavy (non-hydrogen) atoms. The Morgan fingerprint density at radius 1 is 1.33 bits per heavy atom. The summed E-state index contributed by atoms with van der Waals surface area (Å²) in [5.41, 5.74) is 1.75. The van der Waals surface area contributed by atoms with Crippen molar-refractivity contribution in [2.75, 3.05) is 13.1 Å². The van der Waals surface area contributed by atoms with Gasteiger partial charge in [-0.1, -0.05) is 6.07 Å². The van der Waals surface area contributed by atoms with Gasteiger partial charge < -0.3 is 15.2 Å². The highest BCUT2D eigenvalue weighted by atomic mass is 16.1. The molecule has 0 aliphatic carbocycles. The van der Waals surface area contributed by atoms with Crippen LogP contribution in [0.25, 0.3) is 0 Å². The lowest BCUT2D eigenvalue weighted by Crippen LogP contribution is -2.32. The van der Waals surface area contributed by atoms with E-state index in [1.165, 1.54) is 0 Å². The van der Waals surface area contributed by atoms with Crippen molar-refractivity contribution in [2.45, 2.75) is 25.4 Å². The van der Waals surface area contributed by atoms with Crippen molar-refractivity contribution in [3.8, 4) is 0 Å². The fraction of sp³-hybridized carbons (Fsp3) is 0.375. The van der Waals surface area contributed by atoms with Crippen LogP contribution in [0, 0.1) is 0 Å². The monoisotopic (exact) mass is 284 g/mol. The third-order valence-corrected chi connectivity index (χ3v) is 3.89. The zero-order chi connectivity index (χ0) is 14.5. The average molecular weight is 284 g/mol. The molecule has 5 heteroatoms. The van der Waals surface area contributed by atoms with Crippen LogP contribution in [0.2, 0.25) is 0 Å². The maximum atomic E-state index is 12.4. The number of piperidine rings is 1. The Labute approximate surface area is 124 Å². The molecule has 0 saturated carbocycles. The molecule has 5 nitrogen and oxygen atoms in total. The topological polar surface area (TPSA) is 59.0 Å². The van der Waals surface area contributed by atoms with E-state index in [0.717, 1.165) is 37.2 Å². The van der Waals surface area contributed by atoms with E-state index in [4.69, 9.17) is 0 Å². The largest absolute Gasteiger partial charge is 0.347 e. The molecular weight excluding hydrogens is 264 g/mol. The number of carbonyl (C=O) groups excluding carboxylic acids is 1. The van der Waals surface area contributed by atoms with E-state index < -0.39 is 0 Å². The van der Waals surface area contributed by atoms with Gasteiger partial charge in [0.25, 0.3) is 5.91 Å². The highest BCUT2D eigenvalue weighted by molar-refractivity contribution is 5.92. The summed E-state index contributed by atoms with van der Waals surface area (Å²) >= 11 is 0. The summed E-state index contributed by atoms with van der Waals surface area (Å²) < 4.78 is 2.11. The van der Waals surface area contributed by atoms with Crippen LogP contribution in [-0.4, -0.2) is 28.5 Å². The lowest BCUT2D eigenvalue weighted by molar-refractivity contribution is 0.0938. The first-order valence-corrected chi connectivity index (χ1v) is 7.39. The van der Waals surface area contributed by atoms with Crippen LogP contribution in [0.15, 0.2) is 42.9 Å². The number of hydrogen-bond acceptors (Lipinski definition) is 3. The first kappa shape index (κ1) is 13.8. The first-order chi connectivity index (χ1) is 10.3. The molecule has 1 aliphatic rings. The maximum Gasteiger partial charge on any atom is 0.268 e. The maximum absolute atomic E-state index is 12.4. The molecule has 2 aromatic rings. The number of hydrogen-bond donors (Lipinski definition) is 2. The number of pyridine rings is 1. The Morgan fingerprint density at radius 2 is 2.19 bits per heavy atom. The van der Waals surface area contributed by atoms with E-state index in [9.17, 15) is 4.79 Å². The number of rotatable bonds is 4. The zero-order valence-corrected chi connectivity index (χ0v) is 12.0. The SMILES string of the molecule is O=C(NCc1cccnc1)c1cccn1C1CCNCC1. The van der Waals surface area contributed by atoms with Gasteiger partial charge in [0.05, 0.1) is 0 Å². The Hall–Kier alpha value is -2.14.